The van der Waals surface area contributed by atoms with E-state index in [2.05, 4.69) is 4.90 Å². The van der Waals surface area contributed by atoms with E-state index in [0.29, 0.717) is 24.7 Å². The number of phenolic OH excluding ortho intramolecular Hbond substituents is 1. The number of piperidine rings is 1. The monoisotopic (exact) mass is 288 g/mol. The van der Waals surface area contributed by atoms with E-state index in [1.54, 1.807) is 18.2 Å². The van der Waals surface area contributed by atoms with Crippen molar-refractivity contribution < 1.29 is 9.52 Å². The van der Waals surface area contributed by atoms with Crippen LogP contribution in [-0.4, -0.2) is 29.1 Å². The largest absolute Gasteiger partial charge is 0.508 e. The third-order valence-corrected chi connectivity index (χ3v) is 4.21. The standard InChI is InChI=1S/C16H20N2O3/c17-9-12-3-1-2-6-18(12)10-11-7-16(20)21-15-8-13(19)4-5-14(11)15/h4-5,7-8,12,19H,1-3,6,9-10,17H2. The van der Waals surface area contributed by atoms with Crippen LogP contribution in [0.2, 0.25) is 0 Å². The lowest BCUT2D eigenvalue weighted by molar-refractivity contribution is 0.145. The summed E-state index contributed by atoms with van der Waals surface area (Å²) >= 11 is 0. The Morgan fingerprint density at radius 2 is 2.19 bits per heavy atom. The van der Waals surface area contributed by atoms with Gasteiger partial charge in [-0.3, -0.25) is 4.90 Å². The Balaban J connectivity index is 1.97. The Morgan fingerprint density at radius 1 is 1.33 bits per heavy atom. The predicted octanol–water partition coefficient (Wildman–Crippen LogP) is 1.81. The summed E-state index contributed by atoms with van der Waals surface area (Å²) in [4.78, 5) is 14.1. The molecule has 1 aliphatic rings. The van der Waals surface area contributed by atoms with Crippen LogP contribution in [0.25, 0.3) is 11.0 Å². The van der Waals surface area contributed by atoms with E-state index >= 15 is 0 Å². The van der Waals surface area contributed by atoms with E-state index in [9.17, 15) is 9.90 Å². The molecule has 1 unspecified atom stereocenters. The number of aromatic hydroxyl groups is 1. The fourth-order valence-electron chi connectivity index (χ4n) is 3.10. The molecular weight excluding hydrogens is 268 g/mol. The van der Waals surface area contributed by atoms with Crippen LogP contribution in [0.4, 0.5) is 0 Å². The first-order valence-electron chi connectivity index (χ1n) is 7.37. The average Bonchev–Trinajstić information content (AvgIpc) is 2.47. The Bertz CT molecular complexity index is 695. The Morgan fingerprint density at radius 3 is 3.00 bits per heavy atom. The van der Waals surface area contributed by atoms with Crippen molar-refractivity contribution in [1.82, 2.24) is 4.90 Å². The van der Waals surface area contributed by atoms with Crippen LogP contribution < -0.4 is 11.4 Å². The highest BCUT2D eigenvalue weighted by Gasteiger charge is 2.22. The smallest absolute Gasteiger partial charge is 0.336 e. The molecule has 3 rings (SSSR count). The van der Waals surface area contributed by atoms with Crippen molar-refractivity contribution in [1.29, 1.82) is 0 Å². The van der Waals surface area contributed by atoms with Crippen LogP contribution in [-0.2, 0) is 6.54 Å². The molecule has 0 saturated carbocycles. The zero-order chi connectivity index (χ0) is 14.8. The van der Waals surface area contributed by atoms with Crippen LogP contribution in [0.1, 0.15) is 24.8 Å². The number of hydrogen-bond acceptors (Lipinski definition) is 5. The summed E-state index contributed by atoms with van der Waals surface area (Å²) in [5.74, 6) is 0.0978. The molecule has 112 valence electrons. The van der Waals surface area contributed by atoms with Crippen molar-refractivity contribution >= 4 is 11.0 Å². The molecule has 1 fully saturated rings. The lowest BCUT2D eigenvalue weighted by Gasteiger charge is -2.35. The van der Waals surface area contributed by atoms with Gasteiger partial charge in [0.15, 0.2) is 0 Å². The van der Waals surface area contributed by atoms with Gasteiger partial charge in [0.2, 0.25) is 0 Å². The number of nitrogens with zero attached hydrogens (tertiary/aromatic N) is 1. The van der Waals surface area contributed by atoms with Crippen molar-refractivity contribution in [2.75, 3.05) is 13.1 Å². The van der Waals surface area contributed by atoms with E-state index in [0.717, 1.165) is 30.3 Å². The van der Waals surface area contributed by atoms with Crippen molar-refractivity contribution in [3.63, 3.8) is 0 Å². The minimum Gasteiger partial charge on any atom is -0.508 e. The van der Waals surface area contributed by atoms with Gasteiger partial charge in [-0.2, -0.15) is 0 Å². The molecule has 1 atom stereocenters. The number of benzene rings is 1. The molecule has 1 aromatic carbocycles. The predicted molar refractivity (Wildman–Crippen MR) is 81.3 cm³/mol. The first-order chi connectivity index (χ1) is 10.2. The van der Waals surface area contributed by atoms with E-state index in [1.165, 1.54) is 12.5 Å². The summed E-state index contributed by atoms with van der Waals surface area (Å²) in [6, 6.07) is 6.81. The topological polar surface area (TPSA) is 79.7 Å². The van der Waals surface area contributed by atoms with Gasteiger partial charge in [-0.05, 0) is 37.1 Å². The number of nitrogens with two attached hydrogens (primary N) is 1. The lowest BCUT2D eigenvalue weighted by atomic mass is 10.0. The molecule has 0 spiro atoms. The van der Waals surface area contributed by atoms with Crippen molar-refractivity contribution in [3.8, 4) is 5.75 Å². The molecule has 5 nitrogen and oxygen atoms in total. The van der Waals surface area contributed by atoms with Crippen LogP contribution in [0.5, 0.6) is 5.75 Å². The molecule has 0 radical (unpaired) electrons. The zero-order valence-electron chi connectivity index (χ0n) is 11.9. The summed E-state index contributed by atoms with van der Waals surface area (Å²) in [7, 11) is 0. The summed E-state index contributed by atoms with van der Waals surface area (Å²) in [6.45, 7) is 2.33. The van der Waals surface area contributed by atoms with Gasteiger partial charge in [-0.1, -0.05) is 6.42 Å². The first kappa shape index (κ1) is 14.1. The fraction of sp³-hybridized carbons (Fsp3) is 0.438. The SMILES string of the molecule is NCC1CCCCN1Cc1cc(=O)oc2cc(O)ccc12. The van der Waals surface area contributed by atoms with E-state index in [-0.39, 0.29) is 11.4 Å². The molecule has 2 heterocycles. The molecule has 0 aliphatic carbocycles. The molecule has 1 aliphatic heterocycles. The maximum Gasteiger partial charge on any atom is 0.336 e. The Kier molecular flexibility index (Phi) is 3.94. The van der Waals surface area contributed by atoms with E-state index in [1.807, 2.05) is 0 Å². The number of phenols is 1. The number of hydrogen-bond donors (Lipinski definition) is 2. The number of rotatable bonds is 3. The molecule has 0 amide bonds. The Hall–Kier alpha value is -1.85. The van der Waals surface area contributed by atoms with Crippen molar-refractivity contribution in [2.24, 2.45) is 5.73 Å². The molecular formula is C16H20N2O3. The van der Waals surface area contributed by atoms with E-state index in [4.69, 9.17) is 10.2 Å². The maximum absolute atomic E-state index is 11.7. The second kappa shape index (κ2) is 5.87. The number of likely N-dealkylation sites (tertiary alicyclic amines) is 1. The summed E-state index contributed by atoms with van der Waals surface area (Å²) in [5, 5.41) is 10.4. The quantitative estimate of drug-likeness (QED) is 0.842. The summed E-state index contributed by atoms with van der Waals surface area (Å²) in [6.07, 6.45) is 3.48. The normalized spacial score (nSPS) is 20.0. The second-order valence-electron chi connectivity index (χ2n) is 5.63. The Labute approximate surface area is 123 Å². The minimum atomic E-state index is -0.385. The molecule has 2 aromatic rings. The molecule has 5 heteroatoms. The van der Waals surface area contributed by atoms with Gasteiger partial charge in [0.1, 0.15) is 11.3 Å². The average molecular weight is 288 g/mol. The summed E-state index contributed by atoms with van der Waals surface area (Å²) in [5.41, 5.74) is 6.83. The van der Waals surface area contributed by atoms with Crippen molar-refractivity contribution in [3.05, 3.63) is 40.2 Å². The second-order valence-corrected chi connectivity index (χ2v) is 5.63. The van der Waals surface area contributed by atoms with Gasteiger partial charge in [-0.15, -0.1) is 0 Å². The van der Waals surface area contributed by atoms with Crippen LogP contribution in [0.15, 0.2) is 33.5 Å². The minimum absolute atomic E-state index is 0.0978. The van der Waals surface area contributed by atoms with Gasteiger partial charge in [0.05, 0.1) is 0 Å². The van der Waals surface area contributed by atoms with Gasteiger partial charge < -0.3 is 15.3 Å². The van der Waals surface area contributed by atoms with Gasteiger partial charge in [0, 0.05) is 36.7 Å². The molecule has 1 saturated heterocycles. The maximum atomic E-state index is 11.7. The number of fused-ring (bicyclic) bond motifs is 1. The fourth-order valence-corrected chi connectivity index (χ4v) is 3.10. The molecule has 1 aromatic heterocycles. The van der Waals surface area contributed by atoms with E-state index < -0.39 is 0 Å². The highest BCUT2D eigenvalue weighted by atomic mass is 16.4. The molecule has 21 heavy (non-hydrogen) atoms. The highest BCUT2D eigenvalue weighted by Crippen LogP contribution is 2.25. The third-order valence-electron chi connectivity index (χ3n) is 4.21. The zero-order valence-corrected chi connectivity index (χ0v) is 11.9. The van der Waals surface area contributed by atoms with Crippen molar-refractivity contribution in [2.45, 2.75) is 31.8 Å². The molecule has 0 bridgehead atoms. The van der Waals surface area contributed by atoms with Gasteiger partial charge in [0.25, 0.3) is 0 Å². The van der Waals surface area contributed by atoms with Gasteiger partial charge >= 0.3 is 5.63 Å². The van der Waals surface area contributed by atoms with Crippen LogP contribution in [0.3, 0.4) is 0 Å². The first-order valence-corrected chi connectivity index (χ1v) is 7.37. The lowest BCUT2D eigenvalue weighted by Crippen LogP contribution is -2.43. The summed E-state index contributed by atoms with van der Waals surface area (Å²) < 4.78 is 5.17. The molecule has 3 N–H and O–H groups in total. The van der Waals surface area contributed by atoms with Crippen LogP contribution in [0, 0.1) is 0 Å². The third kappa shape index (κ3) is 2.94. The van der Waals surface area contributed by atoms with Gasteiger partial charge in [-0.25, -0.2) is 4.79 Å². The highest BCUT2D eigenvalue weighted by molar-refractivity contribution is 5.81. The van der Waals surface area contributed by atoms with Crippen LogP contribution >= 0.6 is 0 Å².